The number of aryl methyl sites for hydroxylation is 1. The second-order valence-electron chi connectivity index (χ2n) is 3.83. The summed E-state index contributed by atoms with van der Waals surface area (Å²) in [5.74, 6) is -0.943. The highest BCUT2D eigenvalue weighted by Gasteiger charge is 2.11. The number of aromatic nitrogens is 5. The summed E-state index contributed by atoms with van der Waals surface area (Å²) >= 11 is 2.73. The highest BCUT2D eigenvalue weighted by Crippen LogP contribution is 2.32. The third-order valence-electron chi connectivity index (χ3n) is 2.51. The number of rotatable bonds is 4. The summed E-state index contributed by atoms with van der Waals surface area (Å²) < 4.78 is 1.59. The second-order valence-corrected chi connectivity index (χ2v) is 6.08. The number of hydrogen-bond donors (Lipinski definition) is 1. The zero-order valence-corrected chi connectivity index (χ0v) is 12.0. The standard InChI is InChI=1S/C11H9N5O2S2/c1-2-16-14-10(13-15-16)20-11-12-7-4-3-6(9(17)18)5-8(7)19-11/h3-5H,2H2,1H3,(H,17,18). The van der Waals surface area contributed by atoms with Crippen LogP contribution in [-0.4, -0.2) is 36.3 Å². The van der Waals surface area contributed by atoms with E-state index in [0.29, 0.717) is 11.7 Å². The summed E-state index contributed by atoms with van der Waals surface area (Å²) in [6.45, 7) is 2.59. The molecule has 0 fully saturated rings. The van der Waals surface area contributed by atoms with Crippen LogP contribution in [-0.2, 0) is 6.54 Å². The Morgan fingerprint density at radius 2 is 2.35 bits per heavy atom. The zero-order chi connectivity index (χ0) is 14.1. The van der Waals surface area contributed by atoms with E-state index in [-0.39, 0.29) is 5.56 Å². The first kappa shape index (κ1) is 13.0. The highest BCUT2D eigenvalue weighted by atomic mass is 32.2. The lowest BCUT2D eigenvalue weighted by Gasteiger charge is -1.91. The van der Waals surface area contributed by atoms with Gasteiger partial charge in [-0.2, -0.15) is 4.80 Å². The van der Waals surface area contributed by atoms with Crippen LogP contribution < -0.4 is 0 Å². The van der Waals surface area contributed by atoms with Crippen LogP contribution >= 0.6 is 23.1 Å². The SMILES string of the molecule is CCn1nnc(Sc2nc3ccc(C(=O)O)cc3s2)n1. The van der Waals surface area contributed by atoms with Crippen molar-refractivity contribution in [3.63, 3.8) is 0 Å². The number of carboxylic acid groups (broad SMARTS) is 1. The summed E-state index contributed by atoms with van der Waals surface area (Å²) in [5, 5.41) is 21.5. The smallest absolute Gasteiger partial charge is 0.335 e. The van der Waals surface area contributed by atoms with Gasteiger partial charge in [0, 0.05) is 0 Å². The van der Waals surface area contributed by atoms with Crippen molar-refractivity contribution in [1.82, 2.24) is 25.2 Å². The number of aromatic carboxylic acids is 1. The number of carboxylic acids is 1. The summed E-state index contributed by atoms with van der Waals surface area (Å²) in [6.07, 6.45) is 0. The minimum Gasteiger partial charge on any atom is -0.478 e. The molecule has 0 saturated carbocycles. The van der Waals surface area contributed by atoms with Crippen LogP contribution in [0.4, 0.5) is 0 Å². The van der Waals surface area contributed by atoms with Crippen LogP contribution in [0.2, 0.25) is 0 Å². The fourth-order valence-corrected chi connectivity index (χ4v) is 3.47. The van der Waals surface area contributed by atoms with E-state index >= 15 is 0 Å². The quantitative estimate of drug-likeness (QED) is 0.789. The molecule has 9 heteroatoms. The predicted molar refractivity (Wildman–Crippen MR) is 74.2 cm³/mol. The van der Waals surface area contributed by atoms with Gasteiger partial charge in [-0.3, -0.25) is 0 Å². The Kier molecular flexibility index (Phi) is 3.36. The number of tetrazole rings is 1. The number of hydrogen-bond acceptors (Lipinski definition) is 7. The van der Waals surface area contributed by atoms with Gasteiger partial charge >= 0.3 is 5.97 Å². The Bertz CT molecular complexity index is 782. The molecule has 20 heavy (non-hydrogen) atoms. The molecule has 0 aliphatic carbocycles. The minimum atomic E-state index is -0.943. The van der Waals surface area contributed by atoms with Crippen molar-refractivity contribution in [3.8, 4) is 0 Å². The Morgan fingerprint density at radius 1 is 1.50 bits per heavy atom. The van der Waals surface area contributed by atoms with Gasteiger partial charge < -0.3 is 5.11 Å². The van der Waals surface area contributed by atoms with E-state index in [0.717, 1.165) is 14.6 Å². The molecular weight excluding hydrogens is 298 g/mol. The molecule has 1 aromatic carbocycles. The maximum Gasteiger partial charge on any atom is 0.335 e. The number of nitrogens with zero attached hydrogens (tertiary/aromatic N) is 5. The molecule has 3 rings (SSSR count). The Balaban J connectivity index is 1.90. The molecule has 0 saturated heterocycles. The normalized spacial score (nSPS) is 11.1. The van der Waals surface area contributed by atoms with Crippen LogP contribution in [0.1, 0.15) is 17.3 Å². The summed E-state index contributed by atoms with van der Waals surface area (Å²) in [4.78, 5) is 16.8. The van der Waals surface area contributed by atoms with Crippen molar-refractivity contribution in [2.75, 3.05) is 0 Å². The van der Waals surface area contributed by atoms with Crippen LogP contribution in [0, 0.1) is 0 Å². The average Bonchev–Trinajstić information content (AvgIpc) is 3.03. The van der Waals surface area contributed by atoms with Crippen molar-refractivity contribution >= 4 is 39.3 Å². The Morgan fingerprint density at radius 3 is 3.05 bits per heavy atom. The Labute approximate surface area is 121 Å². The van der Waals surface area contributed by atoms with E-state index in [9.17, 15) is 4.79 Å². The number of carbonyl (C=O) groups is 1. The van der Waals surface area contributed by atoms with E-state index < -0.39 is 5.97 Å². The predicted octanol–water partition coefficient (Wildman–Crippen LogP) is 2.15. The lowest BCUT2D eigenvalue weighted by atomic mass is 10.2. The van der Waals surface area contributed by atoms with Gasteiger partial charge in [0.05, 0.1) is 22.3 Å². The van der Waals surface area contributed by atoms with Gasteiger partial charge in [0.15, 0.2) is 4.34 Å². The van der Waals surface area contributed by atoms with Gasteiger partial charge in [0.1, 0.15) is 0 Å². The van der Waals surface area contributed by atoms with Gasteiger partial charge in [-0.15, -0.1) is 21.5 Å². The number of benzene rings is 1. The maximum absolute atomic E-state index is 10.9. The molecule has 2 heterocycles. The molecule has 0 aliphatic rings. The van der Waals surface area contributed by atoms with Crippen molar-refractivity contribution < 1.29 is 9.90 Å². The van der Waals surface area contributed by atoms with Gasteiger partial charge in [-0.1, -0.05) is 0 Å². The molecule has 102 valence electrons. The van der Waals surface area contributed by atoms with E-state index in [1.165, 1.54) is 27.9 Å². The van der Waals surface area contributed by atoms with Crippen LogP contribution in [0.5, 0.6) is 0 Å². The molecule has 1 N–H and O–H groups in total. The summed E-state index contributed by atoms with van der Waals surface area (Å²) in [6, 6.07) is 4.87. The molecule has 0 spiro atoms. The Hall–Kier alpha value is -2.00. The fourth-order valence-electron chi connectivity index (χ4n) is 1.56. The third kappa shape index (κ3) is 2.49. The van der Waals surface area contributed by atoms with Crippen LogP contribution in [0.15, 0.2) is 27.7 Å². The topological polar surface area (TPSA) is 93.8 Å². The number of fused-ring (bicyclic) bond motifs is 1. The molecule has 3 aromatic rings. The largest absolute Gasteiger partial charge is 0.478 e. The molecular formula is C11H9N5O2S2. The van der Waals surface area contributed by atoms with E-state index in [2.05, 4.69) is 20.4 Å². The van der Waals surface area contributed by atoms with Gasteiger partial charge in [0.25, 0.3) is 0 Å². The highest BCUT2D eigenvalue weighted by molar-refractivity contribution is 8.01. The first-order valence-electron chi connectivity index (χ1n) is 5.75. The van der Waals surface area contributed by atoms with Gasteiger partial charge in [0.2, 0.25) is 5.16 Å². The molecule has 0 aliphatic heterocycles. The third-order valence-corrected chi connectivity index (χ3v) is 4.44. The van der Waals surface area contributed by atoms with Crippen molar-refractivity contribution in [2.45, 2.75) is 23.0 Å². The molecule has 0 bridgehead atoms. The molecule has 0 amide bonds. The van der Waals surface area contributed by atoms with Crippen molar-refractivity contribution in [1.29, 1.82) is 0 Å². The fraction of sp³-hybridized carbons (Fsp3) is 0.182. The zero-order valence-electron chi connectivity index (χ0n) is 10.3. The van der Waals surface area contributed by atoms with Crippen LogP contribution in [0.25, 0.3) is 10.2 Å². The van der Waals surface area contributed by atoms with E-state index in [4.69, 9.17) is 5.11 Å². The van der Waals surface area contributed by atoms with Gasteiger partial charge in [-0.05, 0) is 42.1 Å². The van der Waals surface area contributed by atoms with Crippen molar-refractivity contribution in [2.24, 2.45) is 0 Å². The van der Waals surface area contributed by atoms with E-state index in [1.54, 1.807) is 18.2 Å². The summed E-state index contributed by atoms with van der Waals surface area (Å²) in [7, 11) is 0. The molecule has 0 atom stereocenters. The lowest BCUT2D eigenvalue weighted by molar-refractivity contribution is 0.0697. The summed E-state index contributed by atoms with van der Waals surface area (Å²) in [5.41, 5.74) is 1.03. The second kappa shape index (κ2) is 5.17. The maximum atomic E-state index is 10.9. The lowest BCUT2D eigenvalue weighted by Crippen LogP contribution is -1.98. The van der Waals surface area contributed by atoms with E-state index in [1.807, 2.05) is 6.92 Å². The van der Waals surface area contributed by atoms with Crippen molar-refractivity contribution in [3.05, 3.63) is 23.8 Å². The first-order valence-corrected chi connectivity index (χ1v) is 7.38. The minimum absolute atomic E-state index is 0.257. The molecule has 0 radical (unpaired) electrons. The molecule has 0 unspecified atom stereocenters. The molecule has 2 aromatic heterocycles. The number of thiazole rings is 1. The van der Waals surface area contributed by atoms with Crippen LogP contribution in [0.3, 0.4) is 0 Å². The monoisotopic (exact) mass is 307 g/mol. The average molecular weight is 307 g/mol. The molecule has 7 nitrogen and oxygen atoms in total. The van der Waals surface area contributed by atoms with Gasteiger partial charge in [-0.25, -0.2) is 9.78 Å². The first-order chi connectivity index (χ1) is 9.65.